The molecule has 0 saturated carbocycles. The van der Waals surface area contributed by atoms with Gasteiger partial charge in [-0.1, -0.05) is 24.8 Å². The molecule has 3 N–H and O–H groups in total. The first-order valence-electron chi connectivity index (χ1n) is 12.0. The molecule has 0 radical (unpaired) electrons. The van der Waals surface area contributed by atoms with E-state index in [0.29, 0.717) is 34.9 Å². The van der Waals surface area contributed by atoms with Crippen molar-refractivity contribution in [3.8, 4) is 23.1 Å². The maximum absolute atomic E-state index is 12.2. The van der Waals surface area contributed by atoms with E-state index < -0.39 is 0 Å². The largest absolute Gasteiger partial charge is 0.506 e. The number of phenolic OH excluding ortho intramolecular Hbond substituents is 1. The number of hydrogen-bond acceptors (Lipinski definition) is 8. The Balaban J connectivity index is 1.74. The molecule has 1 amide bonds. The van der Waals surface area contributed by atoms with E-state index in [2.05, 4.69) is 33.2 Å². The number of phenols is 1. The highest BCUT2D eigenvalue weighted by Gasteiger charge is 2.18. The summed E-state index contributed by atoms with van der Waals surface area (Å²) in [6.07, 6.45) is 4.56. The number of carbonyl (C=O) groups is 1. The normalized spacial score (nSPS) is 10.8. The number of nitriles is 1. The third-order valence-electron chi connectivity index (χ3n) is 6.16. The fourth-order valence-electron chi connectivity index (χ4n) is 4.13. The monoisotopic (exact) mass is 510 g/mol. The van der Waals surface area contributed by atoms with E-state index in [1.54, 1.807) is 12.1 Å². The number of aromatic hydroxyl groups is 1. The molecule has 0 fully saturated rings. The second-order valence-corrected chi connectivity index (χ2v) is 9.17. The molecule has 0 unspecified atom stereocenters. The van der Waals surface area contributed by atoms with Gasteiger partial charge >= 0.3 is 0 Å². The van der Waals surface area contributed by atoms with Crippen molar-refractivity contribution in [3.05, 3.63) is 67.0 Å². The molecule has 4 aromatic rings. The number of likely N-dealkylation sites (N-methyl/N-ethyl adjacent to an activating group) is 2. The number of nitrogens with one attached hydrogen (secondary N) is 2. The van der Waals surface area contributed by atoms with Crippen LogP contribution in [0.3, 0.4) is 0 Å². The van der Waals surface area contributed by atoms with Crippen LogP contribution in [0.5, 0.6) is 5.75 Å². The number of anilines is 4. The quantitative estimate of drug-likeness (QED) is 0.175. The maximum Gasteiger partial charge on any atom is 0.247 e. The number of para-hydroxylation sites is 1. The Labute approximate surface area is 221 Å². The van der Waals surface area contributed by atoms with Crippen LogP contribution in [0.1, 0.15) is 5.56 Å². The van der Waals surface area contributed by atoms with Crippen molar-refractivity contribution in [2.75, 3.05) is 49.8 Å². The highest BCUT2D eigenvalue weighted by atomic mass is 16.3. The molecule has 38 heavy (non-hydrogen) atoms. The van der Waals surface area contributed by atoms with Crippen LogP contribution < -0.4 is 15.5 Å². The maximum atomic E-state index is 12.2. The number of carbonyl (C=O) groups excluding carboxylic acids is 1. The number of nitrogens with zero attached hydrogens (tertiary/aromatic N) is 6. The van der Waals surface area contributed by atoms with Crippen molar-refractivity contribution in [3.63, 3.8) is 0 Å². The molecule has 0 aliphatic heterocycles. The van der Waals surface area contributed by atoms with Crippen molar-refractivity contribution in [2.45, 2.75) is 0 Å². The molecular formula is C28H30N8O2. The van der Waals surface area contributed by atoms with Gasteiger partial charge in [0.1, 0.15) is 11.8 Å². The van der Waals surface area contributed by atoms with Crippen LogP contribution in [0.4, 0.5) is 23.0 Å². The third kappa shape index (κ3) is 5.43. The number of aromatic nitrogens is 3. The van der Waals surface area contributed by atoms with Crippen LogP contribution in [0, 0.1) is 11.3 Å². The fourth-order valence-corrected chi connectivity index (χ4v) is 4.13. The molecule has 0 aliphatic carbocycles. The second-order valence-electron chi connectivity index (χ2n) is 9.17. The third-order valence-corrected chi connectivity index (χ3v) is 6.16. The molecule has 0 spiro atoms. The zero-order valence-corrected chi connectivity index (χ0v) is 21.9. The SMILES string of the molecule is C=CC(=O)Nc1cc(Nc2ncc(C#N)c(-c3cn(C)c4ccccc34)n2)c(O)cc1N(C)CCN(C)C. The van der Waals surface area contributed by atoms with Gasteiger partial charge in [0.15, 0.2) is 0 Å². The number of aryl methyl sites for hydroxylation is 1. The van der Waals surface area contributed by atoms with Crippen LogP contribution in [0.25, 0.3) is 22.2 Å². The lowest BCUT2D eigenvalue weighted by molar-refractivity contribution is -0.111. The predicted molar refractivity (Wildman–Crippen MR) is 151 cm³/mol. The lowest BCUT2D eigenvalue weighted by Crippen LogP contribution is -2.29. The molecule has 0 saturated heterocycles. The van der Waals surface area contributed by atoms with Crippen LogP contribution in [0.2, 0.25) is 0 Å². The highest BCUT2D eigenvalue weighted by Crippen LogP contribution is 2.38. The van der Waals surface area contributed by atoms with Gasteiger partial charge in [-0.2, -0.15) is 5.26 Å². The minimum Gasteiger partial charge on any atom is -0.506 e. The van der Waals surface area contributed by atoms with Gasteiger partial charge in [0.05, 0.1) is 34.5 Å². The first-order chi connectivity index (χ1) is 18.2. The summed E-state index contributed by atoms with van der Waals surface area (Å²) in [7, 11) is 7.77. The van der Waals surface area contributed by atoms with E-state index >= 15 is 0 Å². The predicted octanol–water partition coefficient (Wildman–Crippen LogP) is 4.08. The van der Waals surface area contributed by atoms with E-state index in [1.807, 2.05) is 73.0 Å². The summed E-state index contributed by atoms with van der Waals surface area (Å²) in [6, 6.07) is 13.2. The average Bonchev–Trinajstić information content (AvgIpc) is 3.25. The fraction of sp³-hybridized carbons (Fsp3) is 0.214. The number of fused-ring (bicyclic) bond motifs is 1. The Morgan fingerprint density at radius 2 is 1.97 bits per heavy atom. The highest BCUT2D eigenvalue weighted by molar-refractivity contribution is 6.02. The molecule has 0 atom stereocenters. The van der Waals surface area contributed by atoms with E-state index in [0.717, 1.165) is 23.0 Å². The summed E-state index contributed by atoms with van der Waals surface area (Å²) in [5.74, 6) is -0.235. The lowest BCUT2D eigenvalue weighted by Gasteiger charge is -2.25. The molecule has 10 nitrogen and oxygen atoms in total. The van der Waals surface area contributed by atoms with Crippen molar-refractivity contribution in [1.29, 1.82) is 5.26 Å². The molecule has 10 heteroatoms. The summed E-state index contributed by atoms with van der Waals surface area (Å²) < 4.78 is 1.98. The van der Waals surface area contributed by atoms with Crippen molar-refractivity contribution >= 4 is 39.8 Å². The van der Waals surface area contributed by atoms with E-state index in [4.69, 9.17) is 0 Å². The van der Waals surface area contributed by atoms with Gasteiger partial charge in [-0.15, -0.1) is 0 Å². The summed E-state index contributed by atoms with van der Waals surface area (Å²) >= 11 is 0. The molecule has 2 aromatic heterocycles. The molecule has 2 aromatic carbocycles. The molecule has 0 aliphatic rings. The summed E-state index contributed by atoms with van der Waals surface area (Å²) in [4.78, 5) is 25.1. The topological polar surface area (TPSA) is 122 Å². The minimum absolute atomic E-state index is 0.0482. The molecular weight excluding hydrogens is 480 g/mol. The van der Waals surface area contributed by atoms with Gasteiger partial charge < -0.3 is 30.1 Å². The van der Waals surface area contributed by atoms with Crippen LogP contribution in [0.15, 0.2) is 61.4 Å². The smallest absolute Gasteiger partial charge is 0.247 e. The van der Waals surface area contributed by atoms with E-state index in [-0.39, 0.29) is 17.6 Å². The van der Waals surface area contributed by atoms with Crippen molar-refractivity contribution < 1.29 is 9.90 Å². The number of amides is 1. The zero-order chi connectivity index (χ0) is 27.4. The van der Waals surface area contributed by atoms with Crippen LogP contribution >= 0.6 is 0 Å². The Hall–Kier alpha value is -4.88. The van der Waals surface area contributed by atoms with Gasteiger partial charge in [-0.05, 0) is 32.3 Å². The second kappa shape index (κ2) is 11.0. The Bertz CT molecular complexity index is 1550. The Morgan fingerprint density at radius 1 is 1.21 bits per heavy atom. The standard InChI is InChI=1S/C28H30N8O2/c1-6-26(38)31-21-13-22(25(37)14-24(21)35(4)12-11-34(2)3)32-28-30-16-18(15-29)27(33-28)20-17-36(5)23-10-8-7-9-19(20)23/h6-10,13-14,16-17,37H,1,11-12H2,2-5H3,(H,31,38)(H,30,32,33). The van der Waals surface area contributed by atoms with E-state index in [9.17, 15) is 15.2 Å². The Morgan fingerprint density at radius 3 is 2.68 bits per heavy atom. The average molecular weight is 511 g/mol. The number of hydrogen-bond donors (Lipinski definition) is 3. The van der Waals surface area contributed by atoms with Gasteiger partial charge in [0, 0.05) is 55.9 Å². The zero-order valence-electron chi connectivity index (χ0n) is 21.9. The molecule has 0 bridgehead atoms. The molecule has 2 heterocycles. The number of rotatable bonds is 9. The Kier molecular flexibility index (Phi) is 7.60. The van der Waals surface area contributed by atoms with Crippen molar-refractivity contribution in [2.24, 2.45) is 7.05 Å². The van der Waals surface area contributed by atoms with Crippen LogP contribution in [-0.4, -0.2) is 64.7 Å². The van der Waals surface area contributed by atoms with Gasteiger partial charge in [0.25, 0.3) is 0 Å². The van der Waals surface area contributed by atoms with Crippen molar-refractivity contribution in [1.82, 2.24) is 19.4 Å². The lowest BCUT2D eigenvalue weighted by atomic mass is 10.1. The summed E-state index contributed by atoms with van der Waals surface area (Å²) in [5, 5.41) is 27.4. The minimum atomic E-state index is -0.378. The van der Waals surface area contributed by atoms with Gasteiger partial charge in [-0.25, -0.2) is 9.97 Å². The van der Waals surface area contributed by atoms with Crippen LogP contribution in [-0.2, 0) is 11.8 Å². The first-order valence-corrected chi connectivity index (χ1v) is 12.0. The molecule has 4 rings (SSSR count). The van der Waals surface area contributed by atoms with Gasteiger partial charge in [-0.3, -0.25) is 4.79 Å². The number of benzene rings is 2. The summed E-state index contributed by atoms with van der Waals surface area (Å²) in [6.45, 7) is 4.98. The van der Waals surface area contributed by atoms with E-state index in [1.165, 1.54) is 12.3 Å². The first kappa shape index (κ1) is 26.2. The summed E-state index contributed by atoms with van der Waals surface area (Å²) in [5.41, 5.74) is 4.03. The van der Waals surface area contributed by atoms with Gasteiger partial charge in [0.2, 0.25) is 11.9 Å². The molecule has 194 valence electrons.